The van der Waals surface area contributed by atoms with Crippen LogP contribution in [0.4, 0.5) is 5.69 Å². The summed E-state index contributed by atoms with van der Waals surface area (Å²) in [6.07, 6.45) is -1.46. The summed E-state index contributed by atoms with van der Waals surface area (Å²) >= 11 is 0. The van der Waals surface area contributed by atoms with E-state index in [2.05, 4.69) is 17.2 Å². The summed E-state index contributed by atoms with van der Waals surface area (Å²) in [5.41, 5.74) is 9.70. The first-order valence-corrected chi connectivity index (χ1v) is 9.57. The van der Waals surface area contributed by atoms with E-state index < -0.39 is 24.0 Å². The van der Waals surface area contributed by atoms with Gasteiger partial charge in [-0.1, -0.05) is 24.0 Å². The first-order valence-electron chi connectivity index (χ1n) is 9.57. The van der Waals surface area contributed by atoms with E-state index in [9.17, 15) is 19.8 Å². The number of phenols is 1. The largest absolute Gasteiger partial charge is 0.508 e. The topological polar surface area (TPSA) is 145 Å². The Bertz CT molecular complexity index is 1150. The molecule has 0 aliphatic heterocycles. The lowest BCUT2D eigenvalue weighted by atomic mass is 10.0. The molecular weight excluding hydrogens is 410 g/mol. The third-order valence-electron chi connectivity index (χ3n) is 4.64. The van der Waals surface area contributed by atoms with Crippen LogP contribution in [0.25, 0.3) is 0 Å². The molecule has 0 aliphatic rings. The van der Waals surface area contributed by atoms with Crippen LogP contribution in [0.15, 0.2) is 72.8 Å². The standard InChI is InChI=1S/C24H21N3O5/c25-19-11-5-16(6-12-19)2-1-15-3-7-18(8-4-15)23(30)26-21(24(31)27-32)22(29)17-9-13-20(28)14-10-17/h3-14,21-22,28-29,32H,25H2,(H,26,30)(H,27,31)/t21-,22?/m0/s1. The second-order valence-electron chi connectivity index (χ2n) is 6.91. The molecule has 0 aliphatic carbocycles. The molecule has 0 saturated heterocycles. The highest BCUT2D eigenvalue weighted by Crippen LogP contribution is 2.20. The van der Waals surface area contributed by atoms with Crippen molar-refractivity contribution < 1.29 is 25.0 Å². The van der Waals surface area contributed by atoms with Crippen molar-refractivity contribution in [1.82, 2.24) is 10.8 Å². The highest BCUT2D eigenvalue weighted by molar-refractivity contribution is 5.97. The molecule has 0 heterocycles. The first-order chi connectivity index (χ1) is 15.4. The van der Waals surface area contributed by atoms with Gasteiger partial charge in [-0.3, -0.25) is 14.8 Å². The number of phenolic OH excluding ortho intramolecular Hbond substituents is 1. The van der Waals surface area contributed by atoms with Crippen LogP contribution in [-0.4, -0.2) is 33.3 Å². The zero-order valence-electron chi connectivity index (χ0n) is 16.8. The minimum atomic E-state index is -1.47. The molecule has 2 atom stereocenters. The van der Waals surface area contributed by atoms with Gasteiger partial charge in [-0.2, -0.15) is 0 Å². The van der Waals surface area contributed by atoms with Crippen molar-refractivity contribution in [1.29, 1.82) is 0 Å². The monoisotopic (exact) mass is 431 g/mol. The third kappa shape index (κ3) is 5.64. The van der Waals surface area contributed by atoms with Crippen LogP contribution in [0.1, 0.15) is 33.2 Å². The number of carbonyl (C=O) groups excluding carboxylic acids is 2. The predicted octanol–water partition coefficient (Wildman–Crippen LogP) is 1.71. The van der Waals surface area contributed by atoms with E-state index in [0.29, 0.717) is 11.3 Å². The lowest BCUT2D eigenvalue weighted by Gasteiger charge is -2.22. The summed E-state index contributed by atoms with van der Waals surface area (Å²) in [4.78, 5) is 24.7. The predicted molar refractivity (Wildman–Crippen MR) is 118 cm³/mol. The average molecular weight is 431 g/mol. The zero-order valence-corrected chi connectivity index (χ0v) is 16.8. The van der Waals surface area contributed by atoms with E-state index in [1.54, 1.807) is 36.4 Å². The number of nitrogens with two attached hydrogens (primary N) is 1. The molecule has 7 N–H and O–H groups in total. The molecular formula is C24H21N3O5. The highest BCUT2D eigenvalue weighted by Gasteiger charge is 2.30. The number of aliphatic hydroxyl groups excluding tert-OH is 1. The first kappa shape index (κ1) is 22.4. The summed E-state index contributed by atoms with van der Waals surface area (Å²) in [7, 11) is 0. The number of carbonyl (C=O) groups is 2. The van der Waals surface area contributed by atoms with Crippen molar-refractivity contribution in [3.63, 3.8) is 0 Å². The van der Waals surface area contributed by atoms with E-state index in [1.165, 1.54) is 41.9 Å². The molecule has 0 bridgehead atoms. The van der Waals surface area contributed by atoms with Gasteiger partial charge >= 0.3 is 0 Å². The molecule has 8 heteroatoms. The van der Waals surface area contributed by atoms with E-state index in [4.69, 9.17) is 10.9 Å². The van der Waals surface area contributed by atoms with Crippen LogP contribution in [0.5, 0.6) is 5.75 Å². The van der Waals surface area contributed by atoms with Crippen molar-refractivity contribution in [2.24, 2.45) is 0 Å². The normalized spacial score (nSPS) is 12.1. The van der Waals surface area contributed by atoms with Crippen molar-refractivity contribution in [3.05, 3.63) is 95.1 Å². The van der Waals surface area contributed by atoms with Gasteiger partial charge in [0.2, 0.25) is 0 Å². The summed E-state index contributed by atoms with van der Waals surface area (Å²) in [6, 6.07) is 17.5. The molecule has 0 saturated carbocycles. The fraction of sp³-hybridized carbons (Fsp3) is 0.0833. The molecule has 8 nitrogen and oxygen atoms in total. The van der Waals surface area contributed by atoms with Gasteiger partial charge < -0.3 is 21.3 Å². The Balaban J connectivity index is 1.73. The Hall–Kier alpha value is -4.32. The Kier molecular flexibility index (Phi) is 7.08. The number of hydroxylamine groups is 1. The van der Waals surface area contributed by atoms with Gasteiger partial charge in [-0.25, -0.2) is 5.48 Å². The molecule has 162 valence electrons. The molecule has 3 rings (SSSR count). The van der Waals surface area contributed by atoms with Gasteiger partial charge in [0.25, 0.3) is 11.8 Å². The second kappa shape index (κ2) is 10.1. The number of hydrogen-bond donors (Lipinski definition) is 6. The van der Waals surface area contributed by atoms with Crippen molar-refractivity contribution in [2.75, 3.05) is 5.73 Å². The number of aromatic hydroxyl groups is 1. The molecule has 0 spiro atoms. The van der Waals surface area contributed by atoms with Crippen LogP contribution >= 0.6 is 0 Å². The minimum Gasteiger partial charge on any atom is -0.508 e. The van der Waals surface area contributed by atoms with E-state index >= 15 is 0 Å². The molecule has 2 amide bonds. The minimum absolute atomic E-state index is 0.0206. The number of amides is 2. The Labute approximate surface area is 184 Å². The number of anilines is 1. The lowest BCUT2D eigenvalue weighted by molar-refractivity contribution is -0.134. The fourth-order valence-corrected chi connectivity index (χ4v) is 2.86. The maximum atomic E-state index is 12.6. The van der Waals surface area contributed by atoms with Crippen molar-refractivity contribution >= 4 is 17.5 Å². The van der Waals surface area contributed by atoms with Crippen LogP contribution in [0.2, 0.25) is 0 Å². The van der Waals surface area contributed by atoms with Crippen LogP contribution in [-0.2, 0) is 4.79 Å². The molecule has 0 fully saturated rings. The van der Waals surface area contributed by atoms with E-state index in [0.717, 1.165) is 5.56 Å². The zero-order chi connectivity index (χ0) is 23.1. The van der Waals surface area contributed by atoms with Crippen LogP contribution in [0.3, 0.4) is 0 Å². The maximum Gasteiger partial charge on any atom is 0.268 e. The quantitative estimate of drug-likeness (QED) is 0.157. The Morgan fingerprint density at radius 3 is 1.91 bits per heavy atom. The van der Waals surface area contributed by atoms with Crippen LogP contribution in [0, 0.1) is 11.8 Å². The number of hydrogen-bond acceptors (Lipinski definition) is 6. The second-order valence-corrected chi connectivity index (χ2v) is 6.91. The summed E-state index contributed by atoms with van der Waals surface area (Å²) in [5, 5.41) is 31.3. The third-order valence-corrected chi connectivity index (χ3v) is 4.64. The maximum absolute atomic E-state index is 12.6. The fourth-order valence-electron chi connectivity index (χ4n) is 2.86. The number of nitrogens with one attached hydrogen (secondary N) is 2. The van der Waals surface area contributed by atoms with E-state index in [-0.39, 0.29) is 16.9 Å². The van der Waals surface area contributed by atoms with Gasteiger partial charge in [0, 0.05) is 22.4 Å². The summed E-state index contributed by atoms with van der Waals surface area (Å²) in [6.45, 7) is 0. The Morgan fingerprint density at radius 1 is 0.844 bits per heavy atom. The van der Waals surface area contributed by atoms with Crippen molar-refractivity contribution in [2.45, 2.75) is 12.1 Å². The smallest absolute Gasteiger partial charge is 0.268 e. The number of aliphatic hydroxyl groups is 1. The van der Waals surface area contributed by atoms with Crippen LogP contribution < -0.4 is 16.5 Å². The summed E-state index contributed by atoms with van der Waals surface area (Å²) in [5.74, 6) is 4.32. The SMILES string of the molecule is Nc1ccc(C#Cc2ccc(C(=O)N[C@H](C(=O)NO)C(O)c3ccc(O)cc3)cc2)cc1. The molecule has 0 radical (unpaired) electrons. The average Bonchev–Trinajstić information content (AvgIpc) is 2.82. The van der Waals surface area contributed by atoms with Gasteiger partial charge in [-0.15, -0.1) is 0 Å². The summed E-state index contributed by atoms with van der Waals surface area (Å²) < 4.78 is 0. The van der Waals surface area contributed by atoms with Gasteiger partial charge in [0.1, 0.15) is 17.9 Å². The van der Waals surface area contributed by atoms with Gasteiger partial charge in [0.05, 0.1) is 0 Å². The number of benzene rings is 3. The van der Waals surface area contributed by atoms with Crippen molar-refractivity contribution in [3.8, 4) is 17.6 Å². The van der Waals surface area contributed by atoms with Gasteiger partial charge in [-0.05, 0) is 66.2 Å². The lowest BCUT2D eigenvalue weighted by Crippen LogP contribution is -2.49. The molecule has 3 aromatic rings. The molecule has 32 heavy (non-hydrogen) atoms. The highest BCUT2D eigenvalue weighted by atomic mass is 16.5. The van der Waals surface area contributed by atoms with Gasteiger partial charge in [0.15, 0.2) is 0 Å². The van der Waals surface area contributed by atoms with E-state index in [1.807, 2.05) is 0 Å². The molecule has 0 aromatic heterocycles. The Morgan fingerprint density at radius 2 is 1.38 bits per heavy atom. The molecule has 3 aromatic carbocycles. The number of nitrogen functional groups attached to an aromatic ring is 1. The molecule has 1 unspecified atom stereocenters. The number of rotatable bonds is 5.